The van der Waals surface area contributed by atoms with E-state index in [4.69, 9.17) is 5.11 Å². The molecule has 5 nitrogen and oxygen atoms in total. The number of carboxylic acids is 1. The molecule has 2 aromatic rings. The number of carboxylic acid groups (broad SMARTS) is 1. The first-order valence-corrected chi connectivity index (χ1v) is 8.47. The van der Waals surface area contributed by atoms with Crippen molar-refractivity contribution in [3.63, 3.8) is 0 Å². The van der Waals surface area contributed by atoms with Crippen molar-refractivity contribution in [3.05, 3.63) is 52.0 Å². The first-order valence-electron chi connectivity index (χ1n) is 7.59. The third kappa shape index (κ3) is 3.96. The van der Waals surface area contributed by atoms with Crippen molar-refractivity contribution in [1.29, 1.82) is 0 Å². The van der Waals surface area contributed by atoms with Gasteiger partial charge in [0, 0.05) is 24.9 Å². The Kier molecular flexibility index (Phi) is 4.71. The molecule has 6 heteroatoms. The number of hydrogen-bond acceptors (Lipinski definition) is 4. The third-order valence-electron chi connectivity index (χ3n) is 4.02. The summed E-state index contributed by atoms with van der Waals surface area (Å²) in [5, 5.41) is 11.9. The minimum absolute atomic E-state index is 0.0367. The van der Waals surface area contributed by atoms with Crippen molar-refractivity contribution in [2.24, 2.45) is 5.92 Å². The highest BCUT2D eigenvalue weighted by molar-refractivity contribution is 7.09. The molecular formula is C17H18N2O3S. The molecule has 1 aromatic heterocycles. The molecule has 1 fully saturated rings. The largest absolute Gasteiger partial charge is 0.481 e. The lowest BCUT2D eigenvalue weighted by atomic mass is 10.1. The maximum absolute atomic E-state index is 12.2. The lowest BCUT2D eigenvalue weighted by molar-refractivity contribution is -0.141. The molecule has 0 aliphatic carbocycles. The number of aliphatic carboxylic acids is 1. The molecule has 2 heterocycles. The van der Waals surface area contributed by atoms with Gasteiger partial charge in [0.15, 0.2) is 0 Å². The van der Waals surface area contributed by atoms with E-state index >= 15 is 0 Å². The number of carbonyl (C=O) groups excluding carboxylic acids is 1. The molecule has 1 atom stereocenters. The van der Waals surface area contributed by atoms with Crippen molar-refractivity contribution in [3.8, 4) is 0 Å². The highest BCUT2D eigenvalue weighted by atomic mass is 32.1. The van der Waals surface area contributed by atoms with Crippen LogP contribution < -0.4 is 0 Å². The van der Waals surface area contributed by atoms with Crippen LogP contribution in [0.3, 0.4) is 0 Å². The Balaban J connectivity index is 1.57. The number of amides is 1. The molecule has 3 rings (SSSR count). The van der Waals surface area contributed by atoms with Crippen molar-refractivity contribution in [2.45, 2.75) is 19.3 Å². The molecule has 1 amide bonds. The van der Waals surface area contributed by atoms with Crippen molar-refractivity contribution in [2.75, 3.05) is 13.1 Å². The molecule has 0 saturated carbocycles. The van der Waals surface area contributed by atoms with E-state index in [9.17, 15) is 9.59 Å². The lowest BCUT2D eigenvalue weighted by Gasteiger charge is -2.14. The maximum atomic E-state index is 12.2. The number of nitrogens with zero attached hydrogens (tertiary/aromatic N) is 2. The Bertz CT molecular complexity index is 699. The van der Waals surface area contributed by atoms with Gasteiger partial charge in [0.25, 0.3) is 0 Å². The first kappa shape index (κ1) is 15.7. The van der Waals surface area contributed by atoms with Crippen molar-refractivity contribution < 1.29 is 14.7 Å². The topological polar surface area (TPSA) is 70.5 Å². The minimum Gasteiger partial charge on any atom is -0.481 e. The van der Waals surface area contributed by atoms with Gasteiger partial charge in [-0.2, -0.15) is 0 Å². The van der Waals surface area contributed by atoms with Gasteiger partial charge in [-0.1, -0.05) is 30.3 Å². The smallest absolute Gasteiger partial charge is 0.308 e. The van der Waals surface area contributed by atoms with Crippen LogP contribution in [0.2, 0.25) is 0 Å². The molecule has 1 aromatic carbocycles. The number of benzene rings is 1. The van der Waals surface area contributed by atoms with E-state index < -0.39 is 11.9 Å². The molecule has 120 valence electrons. The van der Waals surface area contributed by atoms with E-state index in [1.165, 1.54) is 5.56 Å². The van der Waals surface area contributed by atoms with Crippen LogP contribution in [0.15, 0.2) is 35.7 Å². The Morgan fingerprint density at radius 1 is 1.30 bits per heavy atom. The summed E-state index contributed by atoms with van der Waals surface area (Å²) in [7, 11) is 0. The van der Waals surface area contributed by atoms with Crippen LogP contribution in [0, 0.1) is 5.92 Å². The number of rotatable bonds is 5. The average Bonchev–Trinajstić information content (AvgIpc) is 3.18. The quantitative estimate of drug-likeness (QED) is 0.912. The summed E-state index contributed by atoms with van der Waals surface area (Å²) in [6.07, 6.45) is 1.56. The highest BCUT2D eigenvalue weighted by Gasteiger charge is 2.30. The molecule has 1 saturated heterocycles. The zero-order chi connectivity index (χ0) is 16.2. The van der Waals surface area contributed by atoms with E-state index in [2.05, 4.69) is 17.1 Å². The summed E-state index contributed by atoms with van der Waals surface area (Å²) >= 11 is 1.56. The third-order valence-corrected chi connectivity index (χ3v) is 4.92. The molecule has 1 unspecified atom stereocenters. The predicted molar refractivity (Wildman–Crippen MR) is 87.4 cm³/mol. The van der Waals surface area contributed by atoms with Gasteiger partial charge in [-0.05, 0) is 12.0 Å². The minimum atomic E-state index is -0.820. The Labute approximate surface area is 138 Å². The Hall–Kier alpha value is -2.21. The summed E-state index contributed by atoms with van der Waals surface area (Å²) in [4.78, 5) is 29.4. The van der Waals surface area contributed by atoms with Crippen LogP contribution in [0.25, 0.3) is 0 Å². The van der Waals surface area contributed by atoms with E-state index in [0.717, 1.165) is 17.1 Å². The number of hydrogen-bond donors (Lipinski definition) is 1. The highest BCUT2D eigenvalue weighted by Crippen LogP contribution is 2.19. The molecule has 1 aliphatic rings. The number of aromatic nitrogens is 1. The van der Waals surface area contributed by atoms with Gasteiger partial charge in [-0.25, -0.2) is 4.98 Å². The van der Waals surface area contributed by atoms with Gasteiger partial charge < -0.3 is 10.0 Å². The van der Waals surface area contributed by atoms with Crippen LogP contribution in [0.5, 0.6) is 0 Å². The van der Waals surface area contributed by atoms with Gasteiger partial charge in [0.05, 0.1) is 23.0 Å². The predicted octanol–water partition coefficient (Wildman–Crippen LogP) is 2.21. The summed E-state index contributed by atoms with van der Waals surface area (Å²) < 4.78 is 0. The van der Waals surface area contributed by atoms with Crippen LogP contribution in [0.4, 0.5) is 0 Å². The normalized spacial score (nSPS) is 17.4. The van der Waals surface area contributed by atoms with Gasteiger partial charge in [-0.15, -0.1) is 11.3 Å². The average molecular weight is 330 g/mol. The second kappa shape index (κ2) is 6.91. The van der Waals surface area contributed by atoms with Gasteiger partial charge >= 0.3 is 5.97 Å². The lowest BCUT2D eigenvalue weighted by Crippen LogP contribution is -2.31. The Morgan fingerprint density at radius 3 is 2.78 bits per heavy atom. The zero-order valence-electron chi connectivity index (χ0n) is 12.6. The van der Waals surface area contributed by atoms with Crippen LogP contribution >= 0.6 is 11.3 Å². The summed E-state index contributed by atoms with van der Waals surface area (Å²) in [5.41, 5.74) is 1.97. The molecule has 23 heavy (non-hydrogen) atoms. The second-order valence-corrected chi connectivity index (χ2v) is 6.68. The number of thiazole rings is 1. The molecule has 0 bridgehead atoms. The first-order chi connectivity index (χ1) is 11.1. The standard InChI is InChI=1S/C17H18N2O3S/c20-16(19-7-6-13(10-19)17(21)22)9-14-11-23-15(18-14)8-12-4-2-1-3-5-12/h1-5,11,13H,6-10H2,(H,21,22). The maximum Gasteiger partial charge on any atom is 0.308 e. The molecular weight excluding hydrogens is 312 g/mol. The molecule has 0 spiro atoms. The Morgan fingerprint density at radius 2 is 2.09 bits per heavy atom. The van der Waals surface area contributed by atoms with Gasteiger partial charge in [0.1, 0.15) is 0 Å². The monoisotopic (exact) mass is 330 g/mol. The van der Waals surface area contributed by atoms with Crippen LogP contribution in [-0.2, 0) is 22.4 Å². The summed E-state index contributed by atoms with van der Waals surface area (Å²) in [5.74, 6) is -1.28. The molecule has 1 aliphatic heterocycles. The number of carbonyl (C=O) groups is 2. The van der Waals surface area contributed by atoms with E-state index in [-0.39, 0.29) is 12.3 Å². The van der Waals surface area contributed by atoms with Crippen molar-refractivity contribution in [1.82, 2.24) is 9.88 Å². The fraction of sp³-hybridized carbons (Fsp3) is 0.353. The summed E-state index contributed by atoms with van der Waals surface area (Å²) in [6.45, 7) is 0.839. The SMILES string of the molecule is O=C(O)C1CCN(C(=O)Cc2csc(Cc3ccccc3)n2)C1. The van der Waals surface area contributed by atoms with Gasteiger partial charge in [-0.3, -0.25) is 9.59 Å². The van der Waals surface area contributed by atoms with Crippen molar-refractivity contribution >= 4 is 23.2 Å². The van der Waals surface area contributed by atoms with E-state index in [1.807, 2.05) is 23.6 Å². The van der Waals surface area contributed by atoms with Crippen LogP contribution in [-0.4, -0.2) is 40.0 Å². The fourth-order valence-corrected chi connectivity index (χ4v) is 3.56. The van der Waals surface area contributed by atoms with Gasteiger partial charge in [0.2, 0.25) is 5.91 Å². The summed E-state index contributed by atoms with van der Waals surface area (Å²) in [6, 6.07) is 10.1. The fourth-order valence-electron chi connectivity index (χ4n) is 2.74. The van der Waals surface area contributed by atoms with E-state index in [1.54, 1.807) is 16.2 Å². The molecule has 1 N–H and O–H groups in total. The molecule has 0 radical (unpaired) electrons. The van der Waals surface area contributed by atoms with E-state index in [0.29, 0.717) is 19.5 Å². The zero-order valence-corrected chi connectivity index (χ0v) is 13.5. The number of likely N-dealkylation sites (tertiary alicyclic amines) is 1. The second-order valence-electron chi connectivity index (χ2n) is 5.74. The van der Waals surface area contributed by atoms with Crippen LogP contribution in [0.1, 0.15) is 22.7 Å².